The van der Waals surface area contributed by atoms with Crippen LogP contribution in [0.3, 0.4) is 0 Å². The van der Waals surface area contributed by atoms with Crippen LogP contribution in [-0.2, 0) is 0 Å². The zero-order valence-corrected chi connectivity index (χ0v) is 12.7. The highest BCUT2D eigenvalue weighted by Gasteiger charge is 2.14. The number of nitrogens with zero attached hydrogens (tertiary/aromatic N) is 2. The minimum Gasteiger partial charge on any atom is -0.383 e. The van der Waals surface area contributed by atoms with Crippen molar-refractivity contribution in [2.75, 3.05) is 17.6 Å². The summed E-state index contributed by atoms with van der Waals surface area (Å²) in [6.45, 7) is 9.69. The van der Waals surface area contributed by atoms with E-state index in [0.29, 0.717) is 17.7 Å². The number of nitrogens with two attached hydrogens (primary N) is 1. The fourth-order valence-corrected chi connectivity index (χ4v) is 2.30. The van der Waals surface area contributed by atoms with Crippen LogP contribution in [0.4, 0.5) is 11.6 Å². The summed E-state index contributed by atoms with van der Waals surface area (Å²) in [5.41, 5.74) is 6.99. The molecule has 1 unspecified atom stereocenters. The van der Waals surface area contributed by atoms with Crippen molar-refractivity contribution >= 4 is 11.6 Å². The van der Waals surface area contributed by atoms with Gasteiger partial charge in [0, 0.05) is 12.1 Å². The highest BCUT2D eigenvalue weighted by Crippen LogP contribution is 2.26. The van der Waals surface area contributed by atoms with E-state index in [4.69, 9.17) is 5.73 Å². The molecule has 0 aliphatic carbocycles. The quantitative estimate of drug-likeness (QED) is 0.749. The lowest BCUT2D eigenvalue weighted by Crippen LogP contribution is -2.17. The second-order valence-electron chi connectivity index (χ2n) is 5.47. The van der Waals surface area contributed by atoms with Gasteiger partial charge in [0.1, 0.15) is 18.0 Å². The summed E-state index contributed by atoms with van der Waals surface area (Å²) in [5.74, 6) is 2.53. The number of anilines is 2. The predicted octanol–water partition coefficient (Wildman–Crippen LogP) is 3.81. The van der Waals surface area contributed by atoms with Crippen LogP contribution in [0.1, 0.15) is 64.9 Å². The van der Waals surface area contributed by atoms with Gasteiger partial charge < -0.3 is 11.1 Å². The molecule has 0 radical (unpaired) electrons. The number of nitrogen functional groups attached to an aromatic ring is 1. The van der Waals surface area contributed by atoms with E-state index < -0.39 is 0 Å². The number of hydrogen-bond donors (Lipinski definition) is 2. The molecule has 0 saturated carbocycles. The maximum Gasteiger partial charge on any atom is 0.134 e. The van der Waals surface area contributed by atoms with Crippen molar-refractivity contribution in [1.29, 1.82) is 0 Å². The van der Waals surface area contributed by atoms with Gasteiger partial charge in [-0.25, -0.2) is 9.97 Å². The van der Waals surface area contributed by atoms with Crippen molar-refractivity contribution in [2.45, 2.75) is 59.3 Å². The molecule has 4 nitrogen and oxygen atoms in total. The van der Waals surface area contributed by atoms with Crippen LogP contribution in [-0.4, -0.2) is 16.5 Å². The number of aromatic nitrogens is 2. The molecule has 0 aliphatic heterocycles. The summed E-state index contributed by atoms with van der Waals surface area (Å²) in [5, 5.41) is 3.46. The summed E-state index contributed by atoms with van der Waals surface area (Å²) >= 11 is 0. The fraction of sp³-hybridized carbons (Fsp3) is 0.733. The van der Waals surface area contributed by atoms with E-state index in [1.54, 1.807) is 0 Å². The molecule has 1 atom stereocenters. The molecule has 0 amide bonds. The zero-order valence-electron chi connectivity index (χ0n) is 12.7. The minimum absolute atomic E-state index is 0.333. The van der Waals surface area contributed by atoms with Crippen LogP contribution in [0.25, 0.3) is 0 Å². The summed E-state index contributed by atoms with van der Waals surface area (Å²) < 4.78 is 0. The first-order valence-electron chi connectivity index (χ1n) is 7.44. The van der Waals surface area contributed by atoms with Crippen LogP contribution in [0, 0.1) is 5.92 Å². The van der Waals surface area contributed by atoms with Gasteiger partial charge >= 0.3 is 0 Å². The monoisotopic (exact) mass is 264 g/mol. The third-order valence-electron chi connectivity index (χ3n) is 3.59. The molecular formula is C15H28N4. The summed E-state index contributed by atoms with van der Waals surface area (Å²) in [6, 6.07) is 0. The summed E-state index contributed by atoms with van der Waals surface area (Å²) in [4.78, 5) is 8.43. The Morgan fingerprint density at radius 1 is 1.26 bits per heavy atom. The Bertz CT molecular complexity index is 376. The zero-order chi connectivity index (χ0) is 14.3. The molecule has 1 heterocycles. The molecular weight excluding hydrogens is 236 g/mol. The molecule has 1 aromatic heterocycles. The first-order valence-corrected chi connectivity index (χ1v) is 7.44. The van der Waals surface area contributed by atoms with Gasteiger partial charge in [0.2, 0.25) is 0 Å². The fourth-order valence-electron chi connectivity index (χ4n) is 2.30. The van der Waals surface area contributed by atoms with Crippen LogP contribution < -0.4 is 11.1 Å². The van der Waals surface area contributed by atoms with Crippen molar-refractivity contribution in [3.8, 4) is 0 Å². The first kappa shape index (κ1) is 15.7. The predicted molar refractivity (Wildman–Crippen MR) is 82.3 cm³/mol. The highest BCUT2D eigenvalue weighted by molar-refractivity contribution is 5.56. The molecule has 0 spiro atoms. The average Bonchev–Trinajstić information content (AvgIpc) is 2.38. The summed E-state index contributed by atoms with van der Waals surface area (Å²) in [7, 11) is 0. The Morgan fingerprint density at radius 3 is 2.58 bits per heavy atom. The largest absolute Gasteiger partial charge is 0.383 e. The van der Waals surface area contributed by atoms with Gasteiger partial charge in [0.15, 0.2) is 0 Å². The van der Waals surface area contributed by atoms with Crippen molar-refractivity contribution in [3.63, 3.8) is 0 Å². The Kier molecular flexibility index (Phi) is 6.60. The van der Waals surface area contributed by atoms with E-state index in [9.17, 15) is 0 Å². The topological polar surface area (TPSA) is 63.8 Å². The number of hydrogen-bond acceptors (Lipinski definition) is 4. The number of rotatable bonds is 8. The van der Waals surface area contributed by atoms with E-state index in [0.717, 1.165) is 17.9 Å². The number of nitrogens with one attached hydrogen (secondary N) is 1. The van der Waals surface area contributed by atoms with Gasteiger partial charge in [-0.3, -0.25) is 0 Å². The minimum atomic E-state index is 0.333. The lowest BCUT2D eigenvalue weighted by molar-refractivity contribution is 0.472. The normalized spacial score (nSPS) is 12.7. The molecule has 0 bridgehead atoms. The third kappa shape index (κ3) is 4.69. The number of unbranched alkanes of at least 4 members (excludes halogenated alkanes) is 1. The van der Waals surface area contributed by atoms with Crippen molar-refractivity contribution in [2.24, 2.45) is 5.92 Å². The van der Waals surface area contributed by atoms with Crippen LogP contribution in [0.5, 0.6) is 0 Å². The van der Waals surface area contributed by atoms with Crippen LogP contribution >= 0.6 is 0 Å². The van der Waals surface area contributed by atoms with E-state index in [2.05, 4.69) is 43.0 Å². The molecule has 0 saturated heterocycles. The average molecular weight is 264 g/mol. The lowest BCUT2D eigenvalue weighted by Gasteiger charge is -2.19. The van der Waals surface area contributed by atoms with Crippen molar-refractivity contribution in [1.82, 2.24) is 9.97 Å². The molecule has 1 rings (SSSR count). The maximum absolute atomic E-state index is 5.95. The van der Waals surface area contributed by atoms with Crippen molar-refractivity contribution < 1.29 is 0 Å². The van der Waals surface area contributed by atoms with Crippen molar-refractivity contribution in [3.05, 3.63) is 11.9 Å². The maximum atomic E-state index is 5.95. The Morgan fingerprint density at radius 2 is 2.00 bits per heavy atom. The van der Waals surface area contributed by atoms with Gasteiger partial charge in [-0.15, -0.1) is 0 Å². The van der Waals surface area contributed by atoms with E-state index in [-0.39, 0.29) is 0 Å². The standard InChI is InChI=1S/C15H28N4/c1-5-7-8-12(6-2)9-17-15-13(11(3)4)14(16)18-10-19-15/h10-12H,5-9H2,1-4H3,(H3,16,17,18,19). The first-order chi connectivity index (χ1) is 9.10. The second kappa shape index (κ2) is 7.97. The molecule has 1 aromatic rings. The SMILES string of the molecule is CCCCC(CC)CNc1ncnc(N)c1C(C)C. The molecule has 108 valence electrons. The van der Waals surface area contributed by atoms with Gasteiger partial charge in [-0.2, -0.15) is 0 Å². The van der Waals surface area contributed by atoms with Gasteiger partial charge in [0.25, 0.3) is 0 Å². The van der Waals surface area contributed by atoms with Crippen LogP contribution in [0.15, 0.2) is 6.33 Å². The second-order valence-corrected chi connectivity index (χ2v) is 5.47. The lowest BCUT2D eigenvalue weighted by atomic mass is 9.99. The van der Waals surface area contributed by atoms with Crippen LogP contribution in [0.2, 0.25) is 0 Å². The Labute approximate surface area is 117 Å². The molecule has 0 fully saturated rings. The molecule has 4 heteroatoms. The Balaban J connectivity index is 2.68. The molecule has 0 aliphatic rings. The van der Waals surface area contributed by atoms with Gasteiger partial charge in [-0.1, -0.05) is 47.0 Å². The summed E-state index contributed by atoms with van der Waals surface area (Å²) in [6.07, 6.45) is 6.57. The van der Waals surface area contributed by atoms with E-state index in [1.807, 2.05) is 0 Å². The highest BCUT2D eigenvalue weighted by atomic mass is 15.0. The molecule has 3 N–H and O–H groups in total. The smallest absolute Gasteiger partial charge is 0.134 e. The molecule has 19 heavy (non-hydrogen) atoms. The van der Waals surface area contributed by atoms with E-state index in [1.165, 1.54) is 32.0 Å². The van der Waals surface area contributed by atoms with E-state index >= 15 is 0 Å². The third-order valence-corrected chi connectivity index (χ3v) is 3.59. The van der Waals surface area contributed by atoms with Gasteiger partial charge in [0.05, 0.1) is 0 Å². The Hall–Kier alpha value is -1.32. The molecule has 0 aromatic carbocycles. The van der Waals surface area contributed by atoms with Gasteiger partial charge in [-0.05, 0) is 18.3 Å².